The molecule has 0 aliphatic carbocycles. The Bertz CT molecular complexity index is 599. The molecule has 104 valence electrons. The normalized spacial score (nSPS) is 15.5. The molecule has 0 amide bonds. The number of hydrogen-bond donors (Lipinski definition) is 0. The quantitative estimate of drug-likeness (QED) is 0.776. The van der Waals surface area contributed by atoms with Crippen LogP contribution in [-0.2, 0) is 0 Å². The van der Waals surface area contributed by atoms with Crippen LogP contribution in [0.1, 0.15) is 0 Å². The van der Waals surface area contributed by atoms with Gasteiger partial charge in [-0.2, -0.15) is 0 Å². The zero-order valence-corrected chi connectivity index (χ0v) is 13.2. The SMILES string of the molecule is Clc1ccccc1N1CCN(c2cc(Br)ncn2)CC1. The number of piperazine rings is 1. The summed E-state index contributed by atoms with van der Waals surface area (Å²) in [7, 11) is 0. The minimum atomic E-state index is 0.811. The van der Waals surface area contributed by atoms with Crippen molar-refractivity contribution < 1.29 is 0 Å². The van der Waals surface area contributed by atoms with Crippen LogP contribution in [-0.4, -0.2) is 36.1 Å². The summed E-state index contributed by atoms with van der Waals surface area (Å²) in [4.78, 5) is 13.0. The monoisotopic (exact) mass is 352 g/mol. The molecule has 0 spiro atoms. The molecule has 0 unspecified atom stereocenters. The van der Waals surface area contributed by atoms with Gasteiger partial charge in [0.25, 0.3) is 0 Å². The van der Waals surface area contributed by atoms with E-state index >= 15 is 0 Å². The van der Waals surface area contributed by atoms with E-state index in [2.05, 4.69) is 41.8 Å². The van der Waals surface area contributed by atoms with Gasteiger partial charge in [0.1, 0.15) is 16.7 Å². The van der Waals surface area contributed by atoms with Gasteiger partial charge in [0, 0.05) is 32.2 Å². The van der Waals surface area contributed by atoms with Crippen LogP contribution in [0.15, 0.2) is 41.3 Å². The molecule has 0 atom stereocenters. The van der Waals surface area contributed by atoms with Gasteiger partial charge in [0.15, 0.2) is 0 Å². The van der Waals surface area contributed by atoms with E-state index in [1.807, 2.05) is 24.3 Å². The number of aromatic nitrogens is 2. The summed E-state index contributed by atoms with van der Waals surface area (Å²) in [5.41, 5.74) is 1.11. The van der Waals surface area contributed by atoms with Crippen molar-refractivity contribution in [2.24, 2.45) is 0 Å². The number of halogens is 2. The second kappa shape index (κ2) is 5.97. The van der Waals surface area contributed by atoms with Crippen molar-refractivity contribution in [1.29, 1.82) is 0 Å². The van der Waals surface area contributed by atoms with Crippen LogP contribution in [0.4, 0.5) is 11.5 Å². The Labute approximate surface area is 131 Å². The first kappa shape index (κ1) is 13.6. The third-order valence-corrected chi connectivity index (χ3v) is 4.17. The van der Waals surface area contributed by atoms with E-state index in [4.69, 9.17) is 11.6 Å². The molecule has 0 radical (unpaired) electrons. The molecule has 3 rings (SSSR count). The molecule has 20 heavy (non-hydrogen) atoms. The molecular weight excluding hydrogens is 340 g/mol. The Hall–Kier alpha value is -1.33. The van der Waals surface area contributed by atoms with E-state index in [-0.39, 0.29) is 0 Å². The molecule has 2 heterocycles. The first-order valence-electron chi connectivity index (χ1n) is 6.46. The Kier molecular flexibility index (Phi) is 4.08. The minimum Gasteiger partial charge on any atom is -0.367 e. The zero-order valence-electron chi connectivity index (χ0n) is 10.8. The first-order valence-corrected chi connectivity index (χ1v) is 7.63. The van der Waals surface area contributed by atoms with Gasteiger partial charge in [-0.25, -0.2) is 9.97 Å². The van der Waals surface area contributed by atoms with Crippen LogP contribution in [0.5, 0.6) is 0 Å². The van der Waals surface area contributed by atoms with Crippen LogP contribution in [0.2, 0.25) is 5.02 Å². The van der Waals surface area contributed by atoms with Gasteiger partial charge >= 0.3 is 0 Å². The number of para-hydroxylation sites is 1. The Morgan fingerprint density at radius 2 is 1.70 bits per heavy atom. The molecule has 0 saturated carbocycles. The molecule has 1 aliphatic heterocycles. The van der Waals surface area contributed by atoms with Crippen LogP contribution in [0.3, 0.4) is 0 Å². The van der Waals surface area contributed by atoms with E-state index in [1.54, 1.807) is 6.33 Å². The Balaban J connectivity index is 1.70. The fourth-order valence-electron chi connectivity index (χ4n) is 2.38. The van der Waals surface area contributed by atoms with Crippen LogP contribution in [0, 0.1) is 0 Å². The highest BCUT2D eigenvalue weighted by molar-refractivity contribution is 9.10. The van der Waals surface area contributed by atoms with Gasteiger partial charge in [0.05, 0.1) is 10.7 Å². The van der Waals surface area contributed by atoms with Crippen LogP contribution < -0.4 is 9.80 Å². The molecule has 1 aromatic heterocycles. The lowest BCUT2D eigenvalue weighted by atomic mass is 10.2. The molecule has 0 bridgehead atoms. The van der Waals surface area contributed by atoms with E-state index in [0.717, 1.165) is 47.3 Å². The summed E-state index contributed by atoms with van der Waals surface area (Å²) < 4.78 is 0.816. The number of anilines is 2. The second-order valence-corrected chi connectivity index (χ2v) is 5.84. The highest BCUT2D eigenvalue weighted by Gasteiger charge is 2.19. The fourth-order valence-corrected chi connectivity index (χ4v) is 2.93. The molecule has 1 aromatic carbocycles. The summed E-state index contributed by atoms with van der Waals surface area (Å²) in [6.45, 7) is 3.72. The summed E-state index contributed by atoms with van der Waals surface area (Å²) in [6, 6.07) is 9.94. The predicted molar refractivity (Wildman–Crippen MR) is 85.6 cm³/mol. The molecule has 6 heteroatoms. The van der Waals surface area contributed by atoms with Crippen molar-refractivity contribution in [3.63, 3.8) is 0 Å². The number of rotatable bonds is 2. The lowest BCUT2D eigenvalue weighted by molar-refractivity contribution is 0.646. The molecular formula is C14H14BrClN4. The van der Waals surface area contributed by atoms with Crippen LogP contribution in [0.25, 0.3) is 0 Å². The average molecular weight is 354 g/mol. The molecule has 1 saturated heterocycles. The molecule has 2 aromatic rings. The van der Waals surface area contributed by atoms with Gasteiger partial charge in [-0.1, -0.05) is 23.7 Å². The minimum absolute atomic E-state index is 0.811. The van der Waals surface area contributed by atoms with E-state index in [9.17, 15) is 0 Å². The van der Waals surface area contributed by atoms with Crippen molar-refractivity contribution in [3.05, 3.63) is 46.3 Å². The highest BCUT2D eigenvalue weighted by Crippen LogP contribution is 2.27. The molecule has 1 aliphatic rings. The van der Waals surface area contributed by atoms with E-state index in [1.165, 1.54) is 0 Å². The molecule has 4 nitrogen and oxygen atoms in total. The Morgan fingerprint density at radius 1 is 1.00 bits per heavy atom. The summed E-state index contributed by atoms with van der Waals surface area (Å²) in [5, 5.41) is 0.811. The number of hydrogen-bond acceptors (Lipinski definition) is 4. The second-order valence-electron chi connectivity index (χ2n) is 4.62. The number of benzene rings is 1. The van der Waals surface area contributed by atoms with E-state index < -0.39 is 0 Å². The van der Waals surface area contributed by atoms with Crippen LogP contribution >= 0.6 is 27.5 Å². The van der Waals surface area contributed by atoms with Crippen molar-refractivity contribution in [3.8, 4) is 0 Å². The number of nitrogens with zero attached hydrogens (tertiary/aromatic N) is 4. The molecule has 1 fully saturated rings. The van der Waals surface area contributed by atoms with E-state index in [0.29, 0.717) is 0 Å². The van der Waals surface area contributed by atoms with Gasteiger partial charge in [-0.15, -0.1) is 0 Å². The first-order chi connectivity index (χ1) is 9.74. The maximum absolute atomic E-state index is 6.25. The summed E-state index contributed by atoms with van der Waals surface area (Å²) >= 11 is 9.63. The summed E-state index contributed by atoms with van der Waals surface area (Å²) in [5.74, 6) is 0.964. The smallest absolute Gasteiger partial charge is 0.133 e. The third kappa shape index (κ3) is 2.88. The zero-order chi connectivity index (χ0) is 13.9. The fraction of sp³-hybridized carbons (Fsp3) is 0.286. The topological polar surface area (TPSA) is 32.3 Å². The Morgan fingerprint density at radius 3 is 2.40 bits per heavy atom. The maximum Gasteiger partial charge on any atom is 0.133 e. The predicted octanol–water partition coefficient (Wildman–Crippen LogP) is 3.22. The third-order valence-electron chi connectivity index (χ3n) is 3.42. The van der Waals surface area contributed by atoms with Gasteiger partial charge in [-0.3, -0.25) is 0 Å². The standard InChI is InChI=1S/C14H14BrClN4/c15-13-9-14(18-10-17-13)20-7-5-19(6-8-20)12-4-2-1-3-11(12)16/h1-4,9-10H,5-8H2. The summed E-state index contributed by atoms with van der Waals surface area (Å²) in [6.07, 6.45) is 1.58. The average Bonchev–Trinajstić information content (AvgIpc) is 2.48. The largest absolute Gasteiger partial charge is 0.367 e. The lowest BCUT2D eigenvalue weighted by Gasteiger charge is -2.37. The van der Waals surface area contributed by atoms with Gasteiger partial charge in [0.2, 0.25) is 0 Å². The highest BCUT2D eigenvalue weighted by atomic mass is 79.9. The lowest BCUT2D eigenvalue weighted by Crippen LogP contribution is -2.47. The maximum atomic E-state index is 6.25. The van der Waals surface area contributed by atoms with Gasteiger partial charge < -0.3 is 9.80 Å². The van der Waals surface area contributed by atoms with Gasteiger partial charge in [-0.05, 0) is 28.1 Å². The van der Waals surface area contributed by atoms with Crippen molar-refractivity contribution >= 4 is 39.0 Å². The van der Waals surface area contributed by atoms with Crippen molar-refractivity contribution in [1.82, 2.24) is 9.97 Å². The van der Waals surface area contributed by atoms with Crippen molar-refractivity contribution in [2.75, 3.05) is 36.0 Å². The molecule has 0 N–H and O–H groups in total. The van der Waals surface area contributed by atoms with Crippen molar-refractivity contribution in [2.45, 2.75) is 0 Å².